The minimum Gasteiger partial charge on any atom is -0.203 e. The molecular formula is C6BrF4. The van der Waals surface area contributed by atoms with Crippen LogP contribution in [-0.2, 0) is 0 Å². The van der Waals surface area contributed by atoms with Gasteiger partial charge in [-0.25, -0.2) is 17.6 Å². The molecule has 0 amide bonds. The van der Waals surface area contributed by atoms with Crippen molar-refractivity contribution in [3.8, 4) is 0 Å². The standard InChI is InChI=1S/C6BrF4/c7-2-1-3(8)5(10)6(11)4(2)9. The summed E-state index contributed by atoms with van der Waals surface area (Å²) in [6.45, 7) is 0. The zero-order chi connectivity index (χ0) is 8.59. The molecule has 1 rings (SSSR count). The van der Waals surface area contributed by atoms with E-state index in [-0.39, 0.29) is 0 Å². The fourth-order valence-electron chi connectivity index (χ4n) is 0.495. The summed E-state index contributed by atoms with van der Waals surface area (Å²) in [5.41, 5.74) is 0. The Balaban J connectivity index is 3.46. The Morgan fingerprint density at radius 3 is 2.00 bits per heavy atom. The molecule has 0 nitrogen and oxygen atoms in total. The largest absolute Gasteiger partial charge is 0.203 e. The molecule has 1 aromatic rings. The van der Waals surface area contributed by atoms with Crippen molar-refractivity contribution in [3.63, 3.8) is 0 Å². The molecule has 0 aliphatic rings. The molecule has 11 heavy (non-hydrogen) atoms. The van der Waals surface area contributed by atoms with Crippen molar-refractivity contribution in [1.82, 2.24) is 0 Å². The minimum absolute atomic E-state index is 0.561. The molecule has 0 fully saturated rings. The first-order valence-corrected chi connectivity index (χ1v) is 3.24. The van der Waals surface area contributed by atoms with Crippen LogP contribution in [0.3, 0.4) is 0 Å². The summed E-state index contributed by atoms with van der Waals surface area (Å²) in [5, 5.41) is 0. The summed E-state index contributed by atoms with van der Waals surface area (Å²) in [7, 11) is 0. The first-order chi connectivity index (χ1) is 5.04. The highest BCUT2D eigenvalue weighted by atomic mass is 79.9. The van der Waals surface area contributed by atoms with Gasteiger partial charge in [0.1, 0.15) is 0 Å². The zero-order valence-corrected chi connectivity index (χ0v) is 6.48. The smallest absolute Gasteiger partial charge is 0.198 e. The Morgan fingerprint density at radius 2 is 1.45 bits per heavy atom. The van der Waals surface area contributed by atoms with Gasteiger partial charge in [0.25, 0.3) is 0 Å². The highest BCUT2D eigenvalue weighted by Gasteiger charge is 2.17. The van der Waals surface area contributed by atoms with Crippen LogP contribution in [0.4, 0.5) is 17.6 Å². The molecule has 0 aliphatic heterocycles. The monoisotopic (exact) mass is 227 g/mol. The van der Waals surface area contributed by atoms with Crippen LogP contribution in [0.15, 0.2) is 4.47 Å². The number of benzene rings is 1. The molecule has 59 valence electrons. The predicted molar refractivity (Wildman–Crippen MR) is 32.8 cm³/mol. The molecule has 0 N–H and O–H groups in total. The van der Waals surface area contributed by atoms with Crippen LogP contribution in [0.2, 0.25) is 0 Å². The van der Waals surface area contributed by atoms with Crippen molar-refractivity contribution in [2.24, 2.45) is 0 Å². The van der Waals surface area contributed by atoms with Gasteiger partial charge in [0.05, 0.1) is 4.47 Å². The fourth-order valence-corrected chi connectivity index (χ4v) is 0.843. The average molecular weight is 228 g/mol. The van der Waals surface area contributed by atoms with Crippen LogP contribution in [-0.4, -0.2) is 0 Å². The van der Waals surface area contributed by atoms with E-state index >= 15 is 0 Å². The predicted octanol–water partition coefficient (Wildman–Crippen LogP) is 2.81. The van der Waals surface area contributed by atoms with Gasteiger partial charge in [-0.1, -0.05) is 0 Å². The SMILES string of the molecule is Fc1[c]c(Br)c(F)c(F)c1F. The lowest BCUT2D eigenvalue weighted by atomic mass is 10.3. The van der Waals surface area contributed by atoms with Crippen LogP contribution in [0, 0.1) is 29.3 Å². The number of halogens is 5. The normalized spacial score (nSPS) is 10.3. The maximum absolute atomic E-state index is 12.3. The van der Waals surface area contributed by atoms with Gasteiger partial charge in [-0.2, -0.15) is 0 Å². The summed E-state index contributed by atoms with van der Waals surface area (Å²) in [5.74, 6) is -6.72. The molecule has 0 atom stereocenters. The van der Waals surface area contributed by atoms with E-state index in [0.717, 1.165) is 0 Å². The molecule has 0 unspecified atom stereocenters. The molecular weight excluding hydrogens is 228 g/mol. The average Bonchev–Trinajstić information content (AvgIpc) is 1.97. The Labute approximate surface area is 68.0 Å². The second-order valence-electron chi connectivity index (χ2n) is 1.69. The van der Waals surface area contributed by atoms with Crippen LogP contribution in [0.1, 0.15) is 0 Å². The van der Waals surface area contributed by atoms with E-state index < -0.39 is 27.7 Å². The third kappa shape index (κ3) is 1.38. The second-order valence-corrected chi connectivity index (χ2v) is 2.49. The van der Waals surface area contributed by atoms with Crippen molar-refractivity contribution >= 4 is 15.9 Å². The molecule has 0 spiro atoms. The lowest BCUT2D eigenvalue weighted by Crippen LogP contribution is -1.96. The van der Waals surface area contributed by atoms with Crippen LogP contribution in [0.25, 0.3) is 0 Å². The van der Waals surface area contributed by atoms with E-state index in [9.17, 15) is 17.6 Å². The van der Waals surface area contributed by atoms with Gasteiger partial charge in [0, 0.05) is 6.07 Å². The highest BCUT2D eigenvalue weighted by molar-refractivity contribution is 9.10. The van der Waals surface area contributed by atoms with E-state index in [4.69, 9.17) is 0 Å². The quantitative estimate of drug-likeness (QED) is 0.364. The maximum atomic E-state index is 12.3. The molecule has 0 bridgehead atoms. The Kier molecular flexibility index (Phi) is 2.17. The molecule has 0 saturated heterocycles. The number of rotatable bonds is 0. The van der Waals surface area contributed by atoms with Gasteiger partial charge >= 0.3 is 0 Å². The summed E-state index contributed by atoms with van der Waals surface area (Å²) < 4.78 is 48.2. The molecule has 1 aromatic carbocycles. The van der Waals surface area contributed by atoms with Gasteiger partial charge in [-0.3, -0.25) is 0 Å². The van der Waals surface area contributed by atoms with Crippen molar-refractivity contribution in [1.29, 1.82) is 0 Å². The molecule has 0 heterocycles. The van der Waals surface area contributed by atoms with Crippen molar-refractivity contribution < 1.29 is 17.6 Å². The third-order valence-corrected chi connectivity index (χ3v) is 1.54. The van der Waals surface area contributed by atoms with Crippen molar-refractivity contribution in [2.75, 3.05) is 0 Å². The van der Waals surface area contributed by atoms with Crippen LogP contribution in [0.5, 0.6) is 0 Å². The van der Waals surface area contributed by atoms with E-state index in [2.05, 4.69) is 15.9 Å². The van der Waals surface area contributed by atoms with Crippen LogP contribution < -0.4 is 0 Å². The summed E-state index contributed by atoms with van der Waals surface area (Å²) >= 11 is 2.45. The molecule has 0 aliphatic carbocycles. The second kappa shape index (κ2) is 2.81. The Bertz CT molecular complexity index is 271. The Hall–Kier alpha value is -0.580. The lowest BCUT2D eigenvalue weighted by molar-refractivity contribution is 0.405. The number of hydrogen-bond donors (Lipinski definition) is 0. The van der Waals surface area contributed by atoms with Gasteiger partial charge < -0.3 is 0 Å². The topological polar surface area (TPSA) is 0 Å². The van der Waals surface area contributed by atoms with Gasteiger partial charge in [-0.15, -0.1) is 0 Å². The molecule has 0 aromatic heterocycles. The zero-order valence-electron chi connectivity index (χ0n) is 4.89. The fraction of sp³-hybridized carbons (Fsp3) is 0. The first kappa shape index (κ1) is 8.52. The highest BCUT2D eigenvalue weighted by Crippen LogP contribution is 2.21. The van der Waals surface area contributed by atoms with Crippen molar-refractivity contribution in [3.05, 3.63) is 33.8 Å². The lowest BCUT2D eigenvalue weighted by Gasteiger charge is -1.97. The minimum atomic E-state index is -1.86. The Morgan fingerprint density at radius 1 is 0.909 bits per heavy atom. The van der Waals surface area contributed by atoms with Gasteiger partial charge in [0.2, 0.25) is 0 Å². The van der Waals surface area contributed by atoms with Crippen molar-refractivity contribution in [2.45, 2.75) is 0 Å². The molecule has 0 saturated carbocycles. The number of hydrogen-bond acceptors (Lipinski definition) is 0. The van der Waals surface area contributed by atoms with E-state index in [1.165, 1.54) is 0 Å². The molecule has 5 heteroatoms. The summed E-state index contributed by atoms with van der Waals surface area (Å²) in [6.07, 6.45) is 0. The summed E-state index contributed by atoms with van der Waals surface area (Å²) in [4.78, 5) is 0. The first-order valence-electron chi connectivity index (χ1n) is 2.44. The third-order valence-electron chi connectivity index (χ3n) is 0.990. The van der Waals surface area contributed by atoms with Gasteiger partial charge in [-0.05, 0) is 15.9 Å². The van der Waals surface area contributed by atoms with Crippen LogP contribution >= 0.6 is 15.9 Å². The van der Waals surface area contributed by atoms with E-state index in [1.807, 2.05) is 0 Å². The maximum Gasteiger partial charge on any atom is 0.198 e. The van der Waals surface area contributed by atoms with E-state index in [0.29, 0.717) is 0 Å². The van der Waals surface area contributed by atoms with E-state index in [1.54, 1.807) is 6.07 Å². The van der Waals surface area contributed by atoms with Gasteiger partial charge in [0.15, 0.2) is 23.3 Å². The molecule has 1 radical (unpaired) electrons. The summed E-state index contributed by atoms with van der Waals surface area (Å²) in [6, 6.07) is 1.61.